The molecule has 0 saturated heterocycles. The highest BCUT2D eigenvalue weighted by atomic mass is 32.1. The molecule has 112 valence electrons. The Morgan fingerprint density at radius 1 is 1.27 bits per heavy atom. The van der Waals surface area contributed by atoms with Gasteiger partial charge in [0.25, 0.3) is 0 Å². The number of fused-ring (bicyclic) bond motifs is 1. The lowest BCUT2D eigenvalue weighted by molar-refractivity contribution is -0.111. The molecule has 1 aromatic heterocycles. The van der Waals surface area contributed by atoms with E-state index in [9.17, 15) is 4.79 Å². The van der Waals surface area contributed by atoms with Crippen molar-refractivity contribution in [3.63, 3.8) is 0 Å². The van der Waals surface area contributed by atoms with Crippen LogP contribution in [-0.2, 0) is 4.79 Å². The number of ether oxygens (including phenoxy) is 2. The molecule has 0 atom stereocenters. The lowest BCUT2D eigenvalue weighted by Gasteiger charge is -1.98. The van der Waals surface area contributed by atoms with Gasteiger partial charge in [-0.05, 0) is 36.6 Å². The zero-order valence-corrected chi connectivity index (χ0v) is 12.4. The molecule has 22 heavy (non-hydrogen) atoms. The molecule has 7 heteroatoms. The van der Waals surface area contributed by atoms with E-state index in [-0.39, 0.29) is 12.7 Å². The molecule has 6 nitrogen and oxygen atoms in total. The van der Waals surface area contributed by atoms with Gasteiger partial charge in [-0.15, -0.1) is 10.2 Å². The first kappa shape index (κ1) is 13.3. The molecule has 1 fully saturated rings. The van der Waals surface area contributed by atoms with Crippen molar-refractivity contribution in [2.75, 3.05) is 12.1 Å². The minimum atomic E-state index is -0.226. The van der Waals surface area contributed by atoms with Gasteiger partial charge in [0.05, 0.1) is 0 Å². The molecule has 1 aliphatic heterocycles. The number of hydrogen-bond donors (Lipinski definition) is 1. The number of carbonyl (C=O) groups is 1. The van der Waals surface area contributed by atoms with Crippen molar-refractivity contribution in [2.24, 2.45) is 0 Å². The first-order valence-corrected chi connectivity index (χ1v) is 7.82. The first-order valence-electron chi connectivity index (χ1n) is 7.00. The molecule has 0 radical (unpaired) electrons. The van der Waals surface area contributed by atoms with E-state index >= 15 is 0 Å². The number of nitrogens with one attached hydrogen (secondary N) is 1. The zero-order chi connectivity index (χ0) is 14.9. The Labute approximate surface area is 130 Å². The Morgan fingerprint density at radius 2 is 2.14 bits per heavy atom. The van der Waals surface area contributed by atoms with Crippen molar-refractivity contribution in [3.8, 4) is 11.5 Å². The number of carbonyl (C=O) groups excluding carboxylic acids is 1. The minimum absolute atomic E-state index is 0.226. The maximum absolute atomic E-state index is 11.9. The second-order valence-electron chi connectivity index (χ2n) is 5.16. The maximum atomic E-state index is 11.9. The third kappa shape index (κ3) is 2.80. The van der Waals surface area contributed by atoms with Gasteiger partial charge >= 0.3 is 0 Å². The van der Waals surface area contributed by atoms with Crippen LogP contribution in [0.1, 0.15) is 29.3 Å². The Hall–Kier alpha value is -2.41. The van der Waals surface area contributed by atoms with Crippen molar-refractivity contribution in [2.45, 2.75) is 18.8 Å². The van der Waals surface area contributed by atoms with Crippen molar-refractivity contribution in [3.05, 3.63) is 34.8 Å². The SMILES string of the molecule is O=C(/C=C/c1ccc2c(c1)OCO2)Nc1nnc(C2CC2)s1. The second kappa shape index (κ2) is 5.42. The van der Waals surface area contributed by atoms with Gasteiger partial charge in [0.2, 0.25) is 17.8 Å². The number of nitrogens with zero attached hydrogens (tertiary/aromatic N) is 2. The predicted molar refractivity (Wildman–Crippen MR) is 82.1 cm³/mol. The second-order valence-corrected chi connectivity index (χ2v) is 6.16. The van der Waals surface area contributed by atoms with Crippen LogP contribution in [0.4, 0.5) is 5.13 Å². The van der Waals surface area contributed by atoms with Crippen molar-refractivity contribution in [1.82, 2.24) is 10.2 Å². The van der Waals surface area contributed by atoms with Crippen molar-refractivity contribution in [1.29, 1.82) is 0 Å². The third-order valence-electron chi connectivity index (χ3n) is 3.42. The van der Waals surface area contributed by atoms with Crippen LogP contribution in [0.15, 0.2) is 24.3 Å². The molecule has 2 aliphatic rings. The number of benzene rings is 1. The van der Waals surface area contributed by atoms with Crippen LogP contribution in [0.5, 0.6) is 11.5 Å². The maximum Gasteiger partial charge on any atom is 0.250 e. The average Bonchev–Trinajstić information content (AvgIpc) is 3.08. The molecular weight excluding hydrogens is 302 g/mol. The summed E-state index contributed by atoms with van der Waals surface area (Å²) in [4.78, 5) is 11.9. The molecule has 4 rings (SSSR count). The quantitative estimate of drug-likeness (QED) is 0.878. The predicted octanol–water partition coefficient (Wildman–Crippen LogP) is 2.80. The van der Waals surface area contributed by atoms with E-state index in [1.54, 1.807) is 6.08 Å². The van der Waals surface area contributed by atoms with Crippen molar-refractivity contribution < 1.29 is 14.3 Å². The van der Waals surface area contributed by atoms with E-state index in [2.05, 4.69) is 15.5 Å². The first-order chi connectivity index (χ1) is 10.8. The molecule has 1 N–H and O–H groups in total. The topological polar surface area (TPSA) is 73.3 Å². The molecule has 1 aromatic carbocycles. The summed E-state index contributed by atoms with van der Waals surface area (Å²) in [6.45, 7) is 0.239. The summed E-state index contributed by atoms with van der Waals surface area (Å²) in [7, 11) is 0. The van der Waals surface area contributed by atoms with E-state index in [1.807, 2.05) is 18.2 Å². The van der Waals surface area contributed by atoms with Gasteiger partial charge < -0.3 is 9.47 Å². The summed E-state index contributed by atoms with van der Waals surface area (Å²) in [5, 5.41) is 12.4. The zero-order valence-electron chi connectivity index (χ0n) is 11.6. The monoisotopic (exact) mass is 315 g/mol. The van der Waals surface area contributed by atoms with E-state index < -0.39 is 0 Å². The molecule has 1 amide bonds. The fraction of sp³-hybridized carbons (Fsp3) is 0.267. The van der Waals surface area contributed by atoms with Crippen LogP contribution in [0.25, 0.3) is 6.08 Å². The molecule has 1 saturated carbocycles. The summed E-state index contributed by atoms with van der Waals surface area (Å²) < 4.78 is 10.5. The highest BCUT2D eigenvalue weighted by Crippen LogP contribution is 2.42. The Balaban J connectivity index is 1.40. The molecule has 2 aromatic rings. The van der Waals surface area contributed by atoms with E-state index in [0.29, 0.717) is 16.8 Å². The van der Waals surface area contributed by atoms with Crippen LogP contribution < -0.4 is 14.8 Å². The van der Waals surface area contributed by atoms with Crippen LogP contribution in [0.3, 0.4) is 0 Å². The van der Waals surface area contributed by atoms with Gasteiger partial charge in [-0.2, -0.15) is 0 Å². The van der Waals surface area contributed by atoms with Gasteiger partial charge in [-0.3, -0.25) is 10.1 Å². The fourth-order valence-electron chi connectivity index (χ4n) is 2.12. The molecule has 2 heterocycles. The molecule has 1 aliphatic carbocycles. The lowest BCUT2D eigenvalue weighted by atomic mass is 10.2. The van der Waals surface area contributed by atoms with Crippen LogP contribution >= 0.6 is 11.3 Å². The Bertz CT molecular complexity index is 752. The van der Waals surface area contributed by atoms with E-state index in [4.69, 9.17) is 9.47 Å². The highest BCUT2D eigenvalue weighted by molar-refractivity contribution is 7.15. The number of aromatic nitrogens is 2. The van der Waals surface area contributed by atoms with Crippen molar-refractivity contribution >= 4 is 28.5 Å². The van der Waals surface area contributed by atoms with Gasteiger partial charge in [0, 0.05) is 12.0 Å². The molecule has 0 spiro atoms. The lowest BCUT2D eigenvalue weighted by Crippen LogP contribution is -2.07. The summed E-state index contributed by atoms with van der Waals surface area (Å²) in [5.41, 5.74) is 0.871. The summed E-state index contributed by atoms with van der Waals surface area (Å²) >= 11 is 1.45. The standard InChI is InChI=1S/C15H13N3O3S/c19-13(16-15-18-17-14(22-15)10-3-4-10)6-2-9-1-5-11-12(7-9)21-8-20-11/h1-2,5-7,10H,3-4,8H2,(H,16,18,19)/b6-2+. The number of rotatable bonds is 4. The molecule has 0 bridgehead atoms. The fourth-order valence-corrected chi connectivity index (χ4v) is 3.03. The van der Waals surface area contributed by atoms with Crippen LogP contribution in [0.2, 0.25) is 0 Å². The van der Waals surface area contributed by atoms with Gasteiger partial charge in [0.15, 0.2) is 11.5 Å². The summed E-state index contributed by atoms with van der Waals surface area (Å²) in [5.74, 6) is 1.74. The Morgan fingerprint density at radius 3 is 3.00 bits per heavy atom. The summed E-state index contributed by atoms with van der Waals surface area (Å²) in [6, 6.07) is 5.53. The third-order valence-corrected chi connectivity index (χ3v) is 4.42. The van der Waals surface area contributed by atoms with E-state index in [1.165, 1.54) is 30.3 Å². The number of hydrogen-bond acceptors (Lipinski definition) is 6. The smallest absolute Gasteiger partial charge is 0.250 e. The largest absolute Gasteiger partial charge is 0.454 e. The van der Waals surface area contributed by atoms with Crippen LogP contribution in [0, 0.1) is 0 Å². The number of anilines is 1. The summed E-state index contributed by atoms with van der Waals surface area (Å²) in [6.07, 6.45) is 5.54. The normalized spacial score (nSPS) is 16.2. The van der Waals surface area contributed by atoms with E-state index in [0.717, 1.165) is 16.3 Å². The van der Waals surface area contributed by atoms with Gasteiger partial charge in [-0.1, -0.05) is 17.4 Å². The number of amides is 1. The average molecular weight is 315 g/mol. The molecular formula is C15H13N3O3S. The highest BCUT2D eigenvalue weighted by Gasteiger charge is 2.27. The van der Waals surface area contributed by atoms with Crippen LogP contribution in [-0.4, -0.2) is 22.9 Å². The van der Waals surface area contributed by atoms with Gasteiger partial charge in [-0.25, -0.2) is 0 Å². The minimum Gasteiger partial charge on any atom is -0.454 e. The van der Waals surface area contributed by atoms with Gasteiger partial charge in [0.1, 0.15) is 5.01 Å². The Kier molecular flexibility index (Phi) is 3.27. The molecule has 0 unspecified atom stereocenters.